The molecule has 102 valence electrons. The van der Waals surface area contributed by atoms with Crippen LogP contribution in [-0.4, -0.2) is 4.98 Å². The quantitative estimate of drug-likeness (QED) is 0.442. The van der Waals surface area contributed by atoms with Crippen LogP contribution in [-0.2, 0) is 0 Å². The van der Waals surface area contributed by atoms with Gasteiger partial charge in [-0.1, -0.05) is 36.4 Å². The van der Waals surface area contributed by atoms with Crippen LogP contribution in [0.2, 0.25) is 0 Å². The van der Waals surface area contributed by atoms with Gasteiger partial charge in [-0.3, -0.25) is 4.98 Å². The van der Waals surface area contributed by atoms with Crippen LogP contribution in [0, 0.1) is 6.92 Å². The van der Waals surface area contributed by atoms with Crippen molar-refractivity contribution >= 4 is 33.4 Å². The van der Waals surface area contributed by atoms with Gasteiger partial charge in [-0.2, -0.15) is 0 Å². The molecular weight excluding hydrogens is 294 g/mol. The summed E-state index contributed by atoms with van der Waals surface area (Å²) in [6.45, 7) is 2.09. The van der Waals surface area contributed by atoms with Crippen molar-refractivity contribution in [3.8, 4) is 21.0 Å². The monoisotopic (exact) mass is 307 g/mol. The third kappa shape index (κ3) is 2.09. The second kappa shape index (κ2) is 5.10. The Morgan fingerprint density at radius 2 is 1.43 bits per heavy atom. The van der Waals surface area contributed by atoms with Crippen LogP contribution in [0.1, 0.15) is 5.69 Å². The molecule has 3 heteroatoms. The third-order valence-corrected chi connectivity index (χ3v) is 5.39. The molecular formula is C18H13NS2. The molecule has 0 radical (unpaired) electrons. The fourth-order valence-corrected chi connectivity index (χ4v) is 4.20. The normalized spacial score (nSPS) is 11.1. The summed E-state index contributed by atoms with van der Waals surface area (Å²) in [6, 6.07) is 17.1. The van der Waals surface area contributed by atoms with Gasteiger partial charge in [0.05, 0.1) is 10.6 Å². The highest BCUT2D eigenvalue weighted by molar-refractivity contribution is 7.14. The van der Waals surface area contributed by atoms with E-state index in [9.17, 15) is 0 Å². The van der Waals surface area contributed by atoms with Gasteiger partial charge in [0, 0.05) is 21.5 Å². The van der Waals surface area contributed by atoms with E-state index in [2.05, 4.69) is 66.2 Å². The predicted molar refractivity (Wildman–Crippen MR) is 93.1 cm³/mol. The van der Waals surface area contributed by atoms with Crippen molar-refractivity contribution < 1.29 is 0 Å². The first-order chi connectivity index (χ1) is 10.3. The number of hydrogen-bond donors (Lipinski definition) is 0. The van der Waals surface area contributed by atoms with Crippen LogP contribution >= 0.6 is 22.7 Å². The number of thiophene rings is 2. The lowest BCUT2D eigenvalue weighted by atomic mass is 10.00. The SMILES string of the molecule is Cc1nc(-c2cccs2)c(-c2cccs2)c2ccccc12. The summed E-state index contributed by atoms with van der Waals surface area (Å²) >= 11 is 3.52. The lowest BCUT2D eigenvalue weighted by Crippen LogP contribution is -1.92. The first-order valence-electron chi connectivity index (χ1n) is 6.81. The maximum absolute atomic E-state index is 4.92. The molecule has 0 saturated heterocycles. The van der Waals surface area contributed by atoms with Crippen molar-refractivity contribution in [2.45, 2.75) is 6.92 Å². The first-order valence-corrected chi connectivity index (χ1v) is 8.57. The van der Waals surface area contributed by atoms with Gasteiger partial charge in [-0.15, -0.1) is 22.7 Å². The molecule has 0 N–H and O–H groups in total. The second-order valence-corrected chi connectivity index (χ2v) is 6.82. The maximum Gasteiger partial charge on any atom is 0.0897 e. The zero-order valence-corrected chi connectivity index (χ0v) is 13.2. The number of aryl methyl sites for hydroxylation is 1. The molecule has 0 fully saturated rings. The average Bonchev–Trinajstić information content (AvgIpc) is 3.21. The van der Waals surface area contributed by atoms with Gasteiger partial charge >= 0.3 is 0 Å². The van der Waals surface area contributed by atoms with Gasteiger partial charge in [-0.25, -0.2) is 0 Å². The van der Waals surface area contributed by atoms with Gasteiger partial charge < -0.3 is 0 Å². The number of nitrogens with zero attached hydrogens (tertiary/aromatic N) is 1. The zero-order valence-electron chi connectivity index (χ0n) is 11.5. The van der Waals surface area contributed by atoms with Crippen molar-refractivity contribution in [2.75, 3.05) is 0 Å². The highest BCUT2D eigenvalue weighted by Crippen LogP contribution is 2.40. The van der Waals surface area contributed by atoms with E-state index in [1.807, 2.05) is 0 Å². The van der Waals surface area contributed by atoms with Gasteiger partial charge in [-0.05, 0) is 35.2 Å². The molecule has 0 saturated carbocycles. The molecule has 3 aromatic heterocycles. The van der Waals surface area contributed by atoms with E-state index in [1.54, 1.807) is 22.7 Å². The Morgan fingerprint density at radius 3 is 2.10 bits per heavy atom. The number of rotatable bonds is 2. The van der Waals surface area contributed by atoms with Crippen LogP contribution in [0.4, 0.5) is 0 Å². The standard InChI is InChI=1S/C18H13NS2/c1-12-13-6-2-3-7-14(13)17(15-8-4-10-20-15)18(19-12)16-9-5-11-21-16/h2-11H,1H3. The number of hydrogen-bond acceptors (Lipinski definition) is 3. The smallest absolute Gasteiger partial charge is 0.0897 e. The summed E-state index contributed by atoms with van der Waals surface area (Å²) in [4.78, 5) is 7.43. The van der Waals surface area contributed by atoms with Gasteiger partial charge in [0.15, 0.2) is 0 Å². The van der Waals surface area contributed by atoms with E-state index in [1.165, 1.54) is 26.1 Å². The van der Waals surface area contributed by atoms with Crippen molar-refractivity contribution in [3.05, 3.63) is 65.0 Å². The van der Waals surface area contributed by atoms with E-state index in [0.29, 0.717) is 0 Å². The van der Waals surface area contributed by atoms with E-state index in [0.717, 1.165) is 11.4 Å². The third-order valence-electron chi connectivity index (χ3n) is 3.62. The topological polar surface area (TPSA) is 12.9 Å². The highest BCUT2D eigenvalue weighted by Gasteiger charge is 2.16. The minimum absolute atomic E-state index is 1.09. The summed E-state index contributed by atoms with van der Waals surface area (Å²) in [6.07, 6.45) is 0. The molecule has 0 bridgehead atoms. The average molecular weight is 307 g/mol. The Labute approximate surface area is 131 Å². The molecule has 0 aliphatic heterocycles. The van der Waals surface area contributed by atoms with E-state index >= 15 is 0 Å². The Morgan fingerprint density at radius 1 is 0.762 bits per heavy atom. The number of fused-ring (bicyclic) bond motifs is 1. The first kappa shape index (κ1) is 12.7. The molecule has 21 heavy (non-hydrogen) atoms. The van der Waals surface area contributed by atoms with E-state index in [-0.39, 0.29) is 0 Å². The van der Waals surface area contributed by atoms with Gasteiger partial charge in [0.25, 0.3) is 0 Å². The van der Waals surface area contributed by atoms with Crippen LogP contribution in [0.5, 0.6) is 0 Å². The molecule has 0 amide bonds. The van der Waals surface area contributed by atoms with Crippen molar-refractivity contribution in [1.29, 1.82) is 0 Å². The van der Waals surface area contributed by atoms with E-state index in [4.69, 9.17) is 4.98 Å². The molecule has 0 aliphatic rings. The largest absolute Gasteiger partial charge is 0.251 e. The van der Waals surface area contributed by atoms with Crippen LogP contribution in [0.3, 0.4) is 0 Å². The minimum atomic E-state index is 1.09. The van der Waals surface area contributed by atoms with Crippen LogP contribution in [0.25, 0.3) is 31.8 Å². The molecule has 1 aromatic carbocycles. The summed E-state index contributed by atoms with van der Waals surface area (Å²) < 4.78 is 0. The minimum Gasteiger partial charge on any atom is -0.251 e. The number of pyridine rings is 1. The highest BCUT2D eigenvalue weighted by atomic mass is 32.1. The summed E-state index contributed by atoms with van der Waals surface area (Å²) in [7, 11) is 0. The predicted octanol–water partition coefficient (Wildman–Crippen LogP) is 6.00. The zero-order chi connectivity index (χ0) is 14.2. The summed E-state index contributed by atoms with van der Waals surface area (Å²) in [5.41, 5.74) is 3.45. The molecule has 3 heterocycles. The Balaban J connectivity index is 2.16. The molecule has 1 nitrogen and oxygen atoms in total. The fourth-order valence-electron chi connectivity index (χ4n) is 2.69. The summed E-state index contributed by atoms with van der Waals surface area (Å²) in [5.74, 6) is 0. The number of benzene rings is 1. The second-order valence-electron chi connectivity index (χ2n) is 4.92. The Bertz CT molecular complexity index is 891. The van der Waals surface area contributed by atoms with Gasteiger partial charge in [0.1, 0.15) is 0 Å². The van der Waals surface area contributed by atoms with Crippen molar-refractivity contribution in [2.24, 2.45) is 0 Å². The van der Waals surface area contributed by atoms with Crippen molar-refractivity contribution in [3.63, 3.8) is 0 Å². The van der Waals surface area contributed by atoms with Crippen LogP contribution < -0.4 is 0 Å². The van der Waals surface area contributed by atoms with Crippen molar-refractivity contribution in [1.82, 2.24) is 4.98 Å². The van der Waals surface area contributed by atoms with Gasteiger partial charge in [0.2, 0.25) is 0 Å². The lowest BCUT2D eigenvalue weighted by Gasteiger charge is -2.12. The molecule has 4 rings (SSSR count). The lowest BCUT2D eigenvalue weighted by molar-refractivity contribution is 1.25. The Hall–Kier alpha value is -1.97. The van der Waals surface area contributed by atoms with Crippen LogP contribution in [0.15, 0.2) is 59.3 Å². The maximum atomic E-state index is 4.92. The van der Waals surface area contributed by atoms with E-state index < -0.39 is 0 Å². The molecule has 0 unspecified atom stereocenters. The molecule has 0 spiro atoms. The number of aromatic nitrogens is 1. The molecule has 0 aliphatic carbocycles. The summed E-state index contributed by atoms with van der Waals surface area (Å²) in [5, 5.41) is 6.76. The molecule has 0 atom stereocenters. The Kier molecular flexibility index (Phi) is 3.09. The fraction of sp³-hybridized carbons (Fsp3) is 0.0556. The molecule has 4 aromatic rings.